The molecule has 0 spiro atoms. The van der Waals surface area contributed by atoms with Gasteiger partial charge in [0.1, 0.15) is 12.1 Å². The lowest BCUT2D eigenvalue weighted by Crippen LogP contribution is -1.99. The number of anilines is 2. The first-order chi connectivity index (χ1) is 16.5. The molecule has 1 fully saturated rings. The zero-order chi connectivity index (χ0) is 23.7. The van der Waals surface area contributed by atoms with Gasteiger partial charge in [0.25, 0.3) is 0 Å². The van der Waals surface area contributed by atoms with E-state index in [1.54, 1.807) is 24.8 Å². The lowest BCUT2D eigenvalue weighted by atomic mass is 10.0. The second-order valence-electron chi connectivity index (χ2n) is 8.87. The molecule has 0 aliphatic heterocycles. The van der Waals surface area contributed by atoms with Crippen LogP contribution in [0.4, 0.5) is 11.5 Å². The van der Waals surface area contributed by atoms with Crippen molar-refractivity contribution in [1.82, 2.24) is 9.97 Å². The van der Waals surface area contributed by atoms with Crippen LogP contribution in [0.2, 0.25) is 0 Å². The summed E-state index contributed by atoms with van der Waals surface area (Å²) in [5.41, 5.74) is 6.94. The highest BCUT2D eigenvalue weighted by Crippen LogP contribution is 2.35. The molecule has 1 aliphatic rings. The lowest BCUT2D eigenvalue weighted by Gasteiger charge is -2.12. The number of carbonyl (C=O) groups excluding carboxylic acids is 1. The predicted molar refractivity (Wildman–Crippen MR) is 140 cm³/mol. The number of nitrogens with zero attached hydrogens (tertiary/aromatic N) is 2. The van der Waals surface area contributed by atoms with Crippen molar-refractivity contribution in [3.8, 4) is 5.75 Å². The molecule has 4 aromatic rings. The van der Waals surface area contributed by atoms with Crippen LogP contribution in [-0.2, 0) is 0 Å². The molecule has 0 unspecified atom stereocenters. The van der Waals surface area contributed by atoms with Crippen LogP contribution in [0, 0.1) is 19.8 Å². The third-order valence-corrected chi connectivity index (χ3v) is 7.31. The van der Waals surface area contributed by atoms with Crippen LogP contribution in [-0.4, -0.2) is 22.9 Å². The number of fused-ring (bicyclic) bond motifs is 1. The van der Waals surface area contributed by atoms with Crippen LogP contribution in [0.1, 0.15) is 51.9 Å². The van der Waals surface area contributed by atoms with Gasteiger partial charge in [0.15, 0.2) is 11.6 Å². The molecule has 6 heteroatoms. The summed E-state index contributed by atoms with van der Waals surface area (Å²) >= 11 is 1.61. The molecule has 172 valence electrons. The van der Waals surface area contributed by atoms with Crippen LogP contribution >= 0.6 is 11.3 Å². The fourth-order valence-corrected chi connectivity index (χ4v) is 4.96. The van der Waals surface area contributed by atoms with Crippen molar-refractivity contribution in [3.05, 3.63) is 75.9 Å². The second kappa shape index (κ2) is 9.39. The fraction of sp³-hybridized carbons (Fsp3) is 0.250. The van der Waals surface area contributed by atoms with Crippen LogP contribution < -0.4 is 10.1 Å². The van der Waals surface area contributed by atoms with E-state index in [0.717, 1.165) is 55.3 Å². The quantitative estimate of drug-likeness (QED) is 0.276. The molecule has 0 bridgehead atoms. The third kappa shape index (κ3) is 4.73. The number of ketones is 1. The summed E-state index contributed by atoms with van der Waals surface area (Å²) in [6, 6.07) is 11.9. The normalized spacial score (nSPS) is 13.5. The van der Waals surface area contributed by atoms with Gasteiger partial charge in [0, 0.05) is 34.7 Å². The van der Waals surface area contributed by atoms with Gasteiger partial charge < -0.3 is 10.1 Å². The highest BCUT2D eigenvalue weighted by atomic mass is 32.1. The molecule has 0 atom stereocenters. The van der Waals surface area contributed by atoms with Crippen LogP contribution in [0.15, 0.2) is 48.1 Å². The molecule has 1 saturated carbocycles. The van der Waals surface area contributed by atoms with Crippen molar-refractivity contribution >= 4 is 51.0 Å². The number of aryl methyl sites for hydroxylation is 1. The fourth-order valence-electron chi connectivity index (χ4n) is 4.03. The molecule has 0 saturated heterocycles. The Morgan fingerprint density at radius 3 is 2.82 bits per heavy atom. The van der Waals surface area contributed by atoms with Crippen LogP contribution in [0.25, 0.3) is 22.4 Å². The Morgan fingerprint density at radius 1 is 1.18 bits per heavy atom. The van der Waals surface area contributed by atoms with E-state index >= 15 is 0 Å². The summed E-state index contributed by atoms with van der Waals surface area (Å²) in [6.45, 7) is 4.12. The van der Waals surface area contributed by atoms with Gasteiger partial charge in [0.2, 0.25) is 0 Å². The smallest absolute Gasteiger partial charge is 0.163 e. The molecule has 0 radical (unpaired) electrons. The number of benzene rings is 2. The number of thiophene rings is 1. The summed E-state index contributed by atoms with van der Waals surface area (Å²) < 4.78 is 6.51. The Bertz CT molecular complexity index is 1400. The first-order valence-corrected chi connectivity index (χ1v) is 12.4. The van der Waals surface area contributed by atoms with E-state index in [4.69, 9.17) is 4.74 Å². The van der Waals surface area contributed by atoms with Crippen LogP contribution in [0.3, 0.4) is 0 Å². The summed E-state index contributed by atoms with van der Waals surface area (Å²) in [6.07, 6.45) is 8.72. The Labute approximate surface area is 203 Å². The number of nitrogens with one attached hydrogen (secondary N) is 1. The van der Waals surface area contributed by atoms with Gasteiger partial charge in [-0.05, 0) is 61.4 Å². The van der Waals surface area contributed by atoms with E-state index < -0.39 is 0 Å². The molecule has 2 aromatic heterocycles. The maximum absolute atomic E-state index is 12.5. The summed E-state index contributed by atoms with van der Waals surface area (Å²) in [4.78, 5) is 21.5. The molecule has 2 aromatic carbocycles. The first kappa shape index (κ1) is 22.3. The molecule has 0 amide bonds. The molecule has 5 nitrogen and oxygen atoms in total. The molecule has 2 heterocycles. The van der Waals surface area contributed by atoms with Crippen molar-refractivity contribution in [2.45, 2.75) is 33.1 Å². The number of carbonyl (C=O) groups is 1. The Hall–Kier alpha value is -3.51. The molecule has 1 N–H and O–H groups in total. The zero-order valence-corrected chi connectivity index (χ0v) is 20.4. The minimum Gasteiger partial charge on any atom is -0.496 e. The number of methoxy groups -OCH3 is 1. The topological polar surface area (TPSA) is 64.1 Å². The maximum atomic E-state index is 12.5. The Kier molecular flexibility index (Phi) is 6.16. The van der Waals surface area contributed by atoms with Crippen molar-refractivity contribution in [2.24, 2.45) is 5.92 Å². The highest BCUT2D eigenvalue weighted by molar-refractivity contribution is 7.18. The average molecular weight is 470 g/mol. The van der Waals surface area contributed by atoms with Crippen molar-refractivity contribution in [1.29, 1.82) is 0 Å². The number of aromatic nitrogens is 2. The van der Waals surface area contributed by atoms with Gasteiger partial charge in [-0.2, -0.15) is 0 Å². The lowest BCUT2D eigenvalue weighted by molar-refractivity contribution is 0.0976. The minimum absolute atomic E-state index is 0.241. The number of ether oxygens (including phenoxy) is 1. The molecule has 5 rings (SSSR count). The summed E-state index contributed by atoms with van der Waals surface area (Å²) in [7, 11) is 1.69. The standard InChI is InChI=1S/C28H27N3O2S/c1-17-11-23(14-25(33-3)18(17)2)31-28-27-26(29-16-30-28)22(15-34-27)10-9-19-5-4-6-21(12-19)24(32)13-20-7-8-20/h4-6,9-12,14-16,20H,7-8,13H2,1-3H3,(H,29,30,31)/b10-9+. The van der Waals surface area contributed by atoms with Gasteiger partial charge in [-0.1, -0.05) is 30.4 Å². The second-order valence-corrected chi connectivity index (χ2v) is 9.75. The highest BCUT2D eigenvalue weighted by Gasteiger charge is 2.24. The van der Waals surface area contributed by atoms with Crippen molar-refractivity contribution in [2.75, 3.05) is 12.4 Å². The molecular weight excluding hydrogens is 442 g/mol. The first-order valence-electron chi connectivity index (χ1n) is 11.5. The predicted octanol–water partition coefficient (Wildman–Crippen LogP) is 7.21. The SMILES string of the molecule is COc1cc(Nc2ncnc3c(/C=C/c4cccc(C(=O)CC5CC5)c4)csc23)cc(C)c1C. The van der Waals surface area contributed by atoms with E-state index in [9.17, 15) is 4.79 Å². The monoisotopic (exact) mass is 469 g/mol. The number of hydrogen-bond donors (Lipinski definition) is 1. The van der Waals surface area contributed by atoms with E-state index in [-0.39, 0.29) is 5.78 Å². The Balaban J connectivity index is 1.39. The van der Waals surface area contributed by atoms with E-state index in [1.807, 2.05) is 36.4 Å². The van der Waals surface area contributed by atoms with Gasteiger partial charge in [-0.25, -0.2) is 9.97 Å². The van der Waals surface area contributed by atoms with Gasteiger partial charge in [0.05, 0.1) is 17.3 Å². The van der Waals surface area contributed by atoms with Crippen LogP contribution in [0.5, 0.6) is 5.75 Å². The summed E-state index contributed by atoms with van der Waals surface area (Å²) in [5.74, 6) is 2.45. The third-order valence-electron chi connectivity index (χ3n) is 6.32. The van der Waals surface area contributed by atoms with E-state index in [0.29, 0.717) is 12.3 Å². The van der Waals surface area contributed by atoms with Crippen molar-refractivity contribution < 1.29 is 9.53 Å². The van der Waals surface area contributed by atoms with Gasteiger partial charge in [-0.3, -0.25) is 4.79 Å². The Morgan fingerprint density at radius 2 is 2.03 bits per heavy atom. The van der Waals surface area contributed by atoms with E-state index in [2.05, 4.69) is 46.7 Å². The number of Topliss-reactive ketones (excluding diaryl/α,β-unsaturated/α-hetero) is 1. The largest absolute Gasteiger partial charge is 0.496 e. The molecule has 1 aliphatic carbocycles. The number of rotatable bonds is 8. The maximum Gasteiger partial charge on any atom is 0.163 e. The van der Waals surface area contributed by atoms with Gasteiger partial charge in [-0.15, -0.1) is 11.3 Å². The molecule has 34 heavy (non-hydrogen) atoms. The molecular formula is C28H27N3O2S. The summed E-state index contributed by atoms with van der Waals surface area (Å²) in [5, 5.41) is 5.52. The van der Waals surface area contributed by atoms with E-state index in [1.165, 1.54) is 12.8 Å². The number of hydrogen-bond acceptors (Lipinski definition) is 6. The minimum atomic E-state index is 0.241. The average Bonchev–Trinajstić information content (AvgIpc) is 3.56. The van der Waals surface area contributed by atoms with Gasteiger partial charge >= 0.3 is 0 Å². The zero-order valence-electron chi connectivity index (χ0n) is 19.6. The van der Waals surface area contributed by atoms with Crippen molar-refractivity contribution in [3.63, 3.8) is 0 Å².